The molecule has 68 valence electrons. The Morgan fingerprint density at radius 2 is 2.00 bits per heavy atom. The molecular formula is C3H8O7Se. The normalized spacial score (nSPS) is 14.8. The van der Waals surface area contributed by atoms with Gasteiger partial charge in [-0.25, -0.2) is 0 Å². The fourth-order valence-corrected chi connectivity index (χ4v) is 0.592. The Labute approximate surface area is 64.4 Å². The van der Waals surface area contributed by atoms with Crippen LogP contribution < -0.4 is 0 Å². The van der Waals surface area contributed by atoms with Crippen molar-refractivity contribution in [3.63, 3.8) is 0 Å². The van der Waals surface area contributed by atoms with Crippen molar-refractivity contribution in [2.45, 2.75) is 6.10 Å². The van der Waals surface area contributed by atoms with Crippen molar-refractivity contribution in [1.29, 1.82) is 0 Å². The van der Waals surface area contributed by atoms with Gasteiger partial charge in [0.05, 0.1) is 0 Å². The summed E-state index contributed by atoms with van der Waals surface area (Å²) >= 11 is -5.31. The first-order chi connectivity index (χ1) is 4.95. The molecule has 0 bridgehead atoms. The first-order valence-corrected chi connectivity index (χ1v) is 5.39. The summed E-state index contributed by atoms with van der Waals surface area (Å²) in [5.41, 5.74) is 0. The van der Waals surface area contributed by atoms with E-state index in [9.17, 15) is 7.67 Å². The van der Waals surface area contributed by atoms with E-state index in [2.05, 4.69) is 8.86 Å². The average molecular weight is 235 g/mol. The summed E-state index contributed by atoms with van der Waals surface area (Å²) in [7, 11) is 0. The quantitative estimate of drug-likeness (QED) is 0.276. The number of aliphatic hydroxyl groups is 2. The molecule has 0 spiro atoms. The van der Waals surface area contributed by atoms with Gasteiger partial charge in [0, 0.05) is 0 Å². The molecule has 0 heterocycles. The molecule has 0 radical (unpaired) electrons. The number of rotatable bonds is 5. The van der Waals surface area contributed by atoms with Crippen molar-refractivity contribution in [2.24, 2.45) is 0 Å². The Kier molecular flexibility index (Phi) is 4.69. The molecular weight excluding hydrogens is 227 g/mol. The predicted octanol–water partition coefficient (Wildman–Crippen LogP) is -2.42. The maximum atomic E-state index is 9.84. The average Bonchev–Trinajstić information content (AvgIpc) is 1.85. The summed E-state index contributed by atoms with van der Waals surface area (Å²) in [5, 5.41) is 16.7. The van der Waals surface area contributed by atoms with Crippen LogP contribution in [0.15, 0.2) is 0 Å². The third-order valence-electron chi connectivity index (χ3n) is 0.605. The van der Waals surface area contributed by atoms with Crippen molar-refractivity contribution in [3.8, 4) is 0 Å². The minimum atomic E-state index is -5.31. The zero-order valence-electron chi connectivity index (χ0n) is 5.37. The van der Waals surface area contributed by atoms with Gasteiger partial charge in [0.15, 0.2) is 0 Å². The van der Waals surface area contributed by atoms with Crippen LogP contribution in [0.4, 0.5) is 0 Å². The zero-order valence-corrected chi connectivity index (χ0v) is 7.09. The molecule has 8 heteroatoms. The van der Waals surface area contributed by atoms with E-state index in [1.165, 1.54) is 0 Å². The van der Waals surface area contributed by atoms with Gasteiger partial charge in [-0.2, -0.15) is 0 Å². The van der Waals surface area contributed by atoms with Crippen LogP contribution in [0.1, 0.15) is 0 Å². The summed E-state index contributed by atoms with van der Waals surface area (Å²) < 4.78 is 31.1. The first kappa shape index (κ1) is 10.9. The molecule has 0 fully saturated rings. The van der Waals surface area contributed by atoms with Crippen LogP contribution >= 0.6 is 0 Å². The molecule has 0 aliphatic carbocycles. The Hall–Kier alpha value is -0.0805. The van der Waals surface area contributed by atoms with Gasteiger partial charge >= 0.3 is 63.6 Å². The van der Waals surface area contributed by atoms with Gasteiger partial charge in [-0.3, -0.25) is 0 Å². The van der Waals surface area contributed by atoms with Crippen molar-refractivity contribution < 1.29 is 30.9 Å². The molecule has 0 saturated carbocycles. The monoisotopic (exact) mass is 236 g/mol. The van der Waals surface area contributed by atoms with Crippen molar-refractivity contribution in [3.05, 3.63) is 0 Å². The Morgan fingerprint density at radius 3 is 2.36 bits per heavy atom. The predicted molar refractivity (Wildman–Crippen MR) is 29.5 cm³/mol. The summed E-state index contributed by atoms with van der Waals surface area (Å²) in [6, 6.07) is 0. The summed E-state index contributed by atoms with van der Waals surface area (Å²) in [6.07, 6.45) is -1.23. The van der Waals surface area contributed by atoms with Crippen LogP contribution in [0.3, 0.4) is 0 Å². The third-order valence-corrected chi connectivity index (χ3v) is 1.17. The fraction of sp³-hybridized carbons (Fsp3) is 1.00. The Morgan fingerprint density at radius 1 is 1.45 bits per heavy atom. The van der Waals surface area contributed by atoms with Gasteiger partial charge in [0.25, 0.3) is 0 Å². The van der Waals surface area contributed by atoms with Crippen LogP contribution in [0.25, 0.3) is 0 Å². The molecule has 0 aromatic heterocycles. The molecule has 0 aliphatic heterocycles. The molecule has 0 aromatic rings. The standard InChI is InChI=1S/C3H8O7Se/c4-1-3(5)2-9-10-11(6,7)8/h3-5H,1-2H2,(H,6,7,8). The van der Waals surface area contributed by atoms with Crippen LogP contribution in [-0.4, -0.2) is 47.1 Å². The summed E-state index contributed by atoms with van der Waals surface area (Å²) in [5.74, 6) is 0. The van der Waals surface area contributed by atoms with Crippen LogP contribution in [0.5, 0.6) is 0 Å². The Bertz CT molecular complexity index is 184. The zero-order chi connectivity index (χ0) is 8.91. The van der Waals surface area contributed by atoms with Crippen molar-refractivity contribution in [1.82, 2.24) is 0 Å². The van der Waals surface area contributed by atoms with E-state index < -0.39 is 32.7 Å². The van der Waals surface area contributed by atoms with Crippen molar-refractivity contribution >= 4 is 13.4 Å². The summed E-state index contributed by atoms with van der Waals surface area (Å²) in [4.78, 5) is 3.84. The topological polar surface area (TPSA) is 113 Å². The number of hydrogen-bond donors (Lipinski definition) is 3. The van der Waals surface area contributed by atoms with E-state index in [4.69, 9.17) is 14.4 Å². The molecule has 3 N–H and O–H groups in total. The second-order valence-electron chi connectivity index (χ2n) is 1.62. The van der Waals surface area contributed by atoms with Gasteiger partial charge in [-0.15, -0.1) is 0 Å². The van der Waals surface area contributed by atoms with E-state index in [0.29, 0.717) is 0 Å². The molecule has 11 heavy (non-hydrogen) atoms. The van der Waals surface area contributed by atoms with E-state index >= 15 is 0 Å². The van der Waals surface area contributed by atoms with E-state index in [1.807, 2.05) is 0 Å². The van der Waals surface area contributed by atoms with Gasteiger partial charge in [0.2, 0.25) is 0 Å². The minimum absolute atomic E-state index is 0.527. The molecule has 0 aromatic carbocycles. The summed E-state index contributed by atoms with van der Waals surface area (Å²) in [6.45, 7) is -1.11. The van der Waals surface area contributed by atoms with Crippen LogP contribution in [0.2, 0.25) is 0 Å². The molecule has 0 aliphatic rings. The number of aliphatic hydroxyl groups excluding tert-OH is 2. The van der Waals surface area contributed by atoms with Gasteiger partial charge in [-0.05, 0) is 0 Å². The van der Waals surface area contributed by atoms with Crippen LogP contribution in [-0.2, 0) is 16.5 Å². The second kappa shape index (κ2) is 4.73. The first-order valence-electron chi connectivity index (χ1n) is 2.53. The fourth-order valence-electron chi connectivity index (χ4n) is 0.220. The van der Waals surface area contributed by atoms with Gasteiger partial charge in [0.1, 0.15) is 0 Å². The molecule has 0 saturated heterocycles. The number of hydrogen-bond acceptors (Lipinski definition) is 6. The molecule has 7 nitrogen and oxygen atoms in total. The van der Waals surface area contributed by atoms with Crippen LogP contribution in [0, 0.1) is 0 Å². The second-order valence-corrected chi connectivity index (χ2v) is 3.70. The Balaban J connectivity index is 3.43. The SMILES string of the molecule is O=[Se](=O)(O)OOCC(O)CO. The molecule has 1 atom stereocenters. The van der Waals surface area contributed by atoms with Gasteiger partial charge in [-0.1, -0.05) is 0 Å². The third kappa shape index (κ3) is 7.82. The molecule has 0 amide bonds. The maximum absolute atomic E-state index is 9.84. The van der Waals surface area contributed by atoms with Crippen molar-refractivity contribution in [2.75, 3.05) is 13.2 Å². The van der Waals surface area contributed by atoms with E-state index in [1.54, 1.807) is 0 Å². The van der Waals surface area contributed by atoms with Gasteiger partial charge < -0.3 is 0 Å². The van der Waals surface area contributed by atoms with E-state index in [0.717, 1.165) is 0 Å². The van der Waals surface area contributed by atoms with E-state index in [-0.39, 0.29) is 0 Å². The molecule has 0 rings (SSSR count). The molecule has 1 unspecified atom stereocenters.